The van der Waals surface area contributed by atoms with E-state index in [1.165, 1.54) is 50.5 Å². The number of aromatic carboxylic acids is 1. The molecule has 0 aromatic heterocycles. The van der Waals surface area contributed by atoms with Gasteiger partial charge in [0.2, 0.25) is 0 Å². The van der Waals surface area contributed by atoms with Gasteiger partial charge < -0.3 is 29.5 Å². The van der Waals surface area contributed by atoms with Crippen LogP contribution >= 0.6 is 0 Å². The van der Waals surface area contributed by atoms with Gasteiger partial charge in [0.05, 0.1) is 37.6 Å². The van der Waals surface area contributed by atoms with E-state index in [0.29, 0.717) is 24.5 Å². The largest absolute Gasteiger partial charge is 0.494 e. The zero-order valence-electron chi connectivity index (χ0n) is 23.3. The van der Waals surface area contributed by atoms with Crippen molar-refractivity contribution in [3.8, 4) is 11.5 Å². The standard InChI is InChI=1S/C31H42O9/c1-31(22-32,23-33)30(37)39-21-11-9-7-5-3-2-4-6-8-10-20-38-26-16-14-25(15-17-26)29(36)40-27-18-12-24(13-19-27)28(34)35/h12-19,32-33H,2-11,20-23H2,1H3,(H,34,35). The Morgan fingerprint density at radius 3 is 1.60 bits per heavy atom. The average molecular weight is 559 g/mol. The molecule has 0 radical (unpaired) electrons. The number of carboxylic acid groups (broad SMARTS) is 1. The monoisotopic (exact) mass is 558 g/mol. The van der Waals surface area contributed by atoms with Crippen LogP contribution in [0, 0.1) is 5.41 Å². The molecule has 2 rings (SSSR count). The van der Waals surface area contributed by atoms with Crippen molar-refractivity contribution in [2.45, 2.75) is 71.1 Å². The van der Waals surface area contributed by atoms with Crippen molar-refractivity contribution < 1.29 is 43.9 Å². The van der Waals surface area contributed by atoms with Crippen LogP contribution in [0.1, 0.15) is 91.8 Å². The highest BCUT2D eigenvalue weighted by molar-refractivity contribution is 5.91. The Labute approximate surface area is 236 Å². The summed E-state index contributed by atoms with van der Waals surface area (Å²) in [5.74, 6) is -1.16. The van der Waals surface area contributed by atoms with Crippen molar-refractivity contribution in [1.29, 1.82) is 0 Å². The molecule has 40 heavy (non-hydrogen) atoms. The average Bonchev–Trinajstić information content (AvgIpc) is 2.97. The van der Waals surface area contributed by atoms with Gasteiger partial charge in [0.1, 0.15) is 16.9 Å². The number of hydrogen-bond donors (Lipinski definition) is 3. The van der Waals surface area contributed by atoms with E-state index >= 15 is 0 Å². The van der Waals surface area contributed by atoms with Crippen molar-refractivity contribution in [1.82, 2.24) is 0 Å². The summed E-state index contributed by atoms with van der Waals surface area (Å²) in [5, 5.41) is 27.3. The first-order valence-corrected chi connectivity index (χ1v) is 14.0. The molecule has 0 saturated heterocycles. The van der Waals surface area contributed by atoms with Crippen LogP contribution in [-0.2, 0) is 9.53 Å². The number of carbonyl (C=O) groups is 3. The van der Waals surface area contributed by atoms with Gasteiger partial charge in [-0.1, -0.05) is 51.4 Å². The third kappa shape index (κ3) is 11.8. The minimum absolute atomic E-state index is 0.122. The maximum absolute atomic E-state index is 12.3. The molecule has 9 nitrogen and oxygen atoms in total. The van der Waals surface area contributed by atoms with Gasteiger partial charge in [-0.2, -0.15) is 0 Å². The van der Waals surface area contributed by atoms with Crippen LogP contribution in [0.3, 0.4) is 0 Å². The van der Waals surface area contributed by atoms with Crippen LogP contribution in [0.2, 0.25) is 0 Å². The van der Waals surface area contributed by atoms with E-state index in [2.05, 4.69) is 0 Å². The van der Waals surface area contributed by atoms with Gasteiger partial charge in [-0.25, -0.2) is 9.59 Å². The van der Waals surface area contributed by atoms with Gasteiger partial charge in [0, 0.05) is 0 Å². The predicted octanol–water partition coefficient (Wildman–Crippen LogP) is 5.42. The van der Waals surface area contributed by atoms with Crippen LogP contribution in [0.5, 0.6) is 11.5 Å². The normalized spacial score (nSPS) is 11.2. The van der Waals surface area contributed by atoms with Crippen molar-refractivity contribution >= 4 is 17.9 Å². The molecule has 0 spiro atoms. The van der Waals surface area contributed by atoms with Crippen LogP contribution in [0.4, 0.5) is 0 Å². The summed E-state index contributed by atoms with van der Waals surface area (Å²) in [7, 11) is 0. The summed E-state index contributed by atoms with van der Waals surface area (Å²) in [4.78, 5) is 35.0. The Bertz CT molecular complexity index is 1030. The molecule has 9 heteroatoms. The predicted molar refractivity (Wildman–Crippen MR) is 150 cm³/mol. The summed E-state index contributed by atoms with van der Waals surface area (Å²) in [6.07, 6.45) is 10.8. The molecule has 0 heterocycles. The molecular formula is C31H42O9. The van der Waals surface area contributed by atoms with Gasteiger partial charge >= 0.3 is 17.9 Å². The highest BCUT2D eigenvalue weighted by atomic mass is 16.5. The molecule has 0 saturated carbocycles. The smallest absolute Gasteiger partial charge is 0.343 e. The maximum atomic E-state index is 12.3. The molecule has 0 amide bonds. The Hall–Kier alpha value is -3.43. The minimum atomic E-state index is -1.22. The topological polar surface area (TPSA) is 140 Å². The lowest BCUT2D eigenvalue weighted by Crippen LogP contribution is -2.37. The zero-order chi connectivity index (χ0) is 29.2. The first-order chi connectivity index (χ1) is 19.3. The number of carbonyl (C=O) groups excluding carboxylic acids is 2. The van der Waals surface area contributed by atoms with Crippen LogP contribution < -0.4 is 9.47 Å². The fraction of sp³-hybridized carbons (Fsp3) is 0.516. The highest BCUT2D eigenvalue weighted by Gasteiger charge is 2.33. The fourth-order valence-electron chi connectivity index (χ4n) is 3.85. The van der Waals surface area contributed by atoms with Gasteiger partial charge in [-0.3, -0.25) is 4.79 Å². The molecule has 0 bridgehead atoms. The Morgan fingerprint density at radius 2 is 1.10 bits per heavy atom. The number of aliphatic hydroxyl groups excluding tert-OH is 2. The molecule has 0 aliphatic heterocycles. The number of benzene rings is 2. The molecule has 0 fully saturated rings. The summed E-state index contributed by atoms with van der Waals surface area (Å²) in [6, 6.07) is 12.4. The lowest BCUT2D eigenvalue weighted by atomic mass is 9.93. The van der Waals surface area contributed by atoms with Gasteiger partial charge in [-0.15, -0.1) is 0 Å². The summed E-state index contributed by atoms with van der Waals surface area (Å²) < 4.78 is 16.2. The van der Waals surface area contributed by atoms with Crippen molar-refractivity contribution in [2.24, 2.45) is 5.41 Å². The second-order valence-electron chi connectivity index (χ2n) is 10.1. The van der Waals surface area contributed by atoms with Crippen molar-refractivity contribution in [2.75, 3.05) is 26.4 Å². The highest BCUT2D eigenvalue weighted by Crippen LogP contribution is 2.19. The zero-order valence-corrected chi connectivity index (χ0v) is 23.3. The third-order valence-corrected chi connectivity index (χ3v) is 6.63. The molecular weight excluding hydrogens is 516 g/mol. The number of rotatable bonds is 20. The number of esters is 2. The number of aliphatic hydroxyl groups is 2. The van der Waals surface area contributed by atoms with Crippen molar-refractivity contribution in [3.05, 3.63) is 59.7 Å². The van der Waals surface area contributed by atoms with E-state index < -0.39 is 36.5 Å². The lowest BCUT2D eigenvalue weighted by Gasteiger charge is -2.22. The number of hydrogen-bond acceptors (Lipinski definition) is 8. The molecule has 0 unspecified atom stereocenters. The van der Waals surface area contributed by atoms with Crippen molar-refractivity contribution in [3.63, 3.8) is 0 Å². The molecule has 220 valence electrons. The molecule has 0 atom stereocenters. The Morgan fingerprint density at radius 1 is 0.650 bits per heavy atom. The first-order valence-electron chi connectivity index (χ1n) is 14.0. The number of unbranched alkanes of at least 4 members (excludes halogenated alkanes) is 9. The van der Waals surface area contributed by atoms with E-state index in [1.807, 2.05) is 0 Å². The number of carboxylic acids is 1. The third-order valence-electron chi connectivity index (χ3n) is 6.63. The Balaban J connectivity index is 1.46. The summed E-state index contributed by atoms with van der Waals surface area (Å²) in [6.45, 7) is 1.56. The molecule has 3 N–H and O–H groups in total. The van der Waals surface area contributed by atoms with E-state index in [1.54, 1.807) is 24.3 Å². The maximum Gasteiger partial charge on any atom is 0.343 e. The minimum Gasteiger partial charge on any atom is -0.494 e. The summed E-state index contributed by atoms with van der Waals surface area (Å²) >= 11 is 0. The summed E-state index contributed by atoms with van der Waals surface area (Å²) in [5.41, 5.74) is -0.725. The van der Waals surface area contributed by atoms with E-state index in [4.69, 9.17) is 19.3 Å². The molecule has 0 aliphatic rings. The SMILES string of the molecule is CC(CO)(CO)C(=O)OCCCCCCCCCCCCOc1ccc(C(=O)Oc2ccc(C(=O)O)cc2)cc1. The number of ether oxygens (including phenoxy) is 3. The van der Waals surface area contributed by atoms with Gasteiger partial charge in [0.15, 0.2) is 0 Å². The van der Waals surface area contributed by atoms with E-state index in [0.717, 1.165) is 44.9 Å². The quantitative estimate of drug-likeness (QED) is 0.110. The van der Waals surface area contributed by atoms with Crippen LogP contribution in [-0.4, -0.2) is 59.7 Å². The van der Waals surface area contributed by atoms with Gasteiger partial charge in [-0.05, 0) is 68.3 Å². The molecule has 2 aromatic rings. The van der Waals surface area contributed by atoms with E-state index in [-0.39, 0.29) is 11.3 Å². The van der Waals surface area contributed by atoms with Gasteiger partial charge in [0.25, 0.3) is 0 Å². The van der Waals surface area contributed by atoms with Crippen LogP contribution in [0.25, 0.3) is 0 Å². The molecule has 2 aromatic carbocycles. The van der Waals surface area contributed by atoms with E-state index in [9.17, 15) is 24.6 Å². The first kappa shape index (κ1) is 32.8. The Kier molecular flexibility index (Phi) is 14.8. The lowest BCUT2D eigenvalue weighted by molar-refractivity contribution is -0.160. The second-order valence-corrected chi connectivity index (χ2v) is 10.1. The second kappa shape index (κ2) is 18.0. The molecule has 0 aliphatic carbocycles. The fourth-order valence-corrected chi connectivity index (χ4v) is 3.85. The van der Waals surface area contributed by atoms with Crippen LogP contribution in [0.15, 0.2) is 48.5 Å².